The van der Waals surface area contributed by atoms with Crippen LogP contribution in [0.4, 0.5) is 0 Å². The third-order valence-corrected chi connectivity index (χ3v) is 6.71. The Balaban J connectivity index is 1.69. The second-order valence-corrected chi connectivity index (χ2v) is 10.5. The molecule has 2 rings (SSSR count). The zero-order valence-corrected chi connectivity index (χ0v) is 20.7. The number of fused-ring (bicyclic) bond motifs is 1. The van der Waals surface area contributed by atoms with Crippen molar-refractivity contribution in [3.63, 3.8) is 0 Å². The predicted molar refractivity (Wildman–Crippen MR) is 131 cm³/mol. The van der Waals surface area contributed by atoms with Crippen LogP contribution in [-0.4, -0.2) is 12.7 Å². The normalized spacial score (nSPS) is 20.0. The van der Waals surface area contributed by atoms with Crippen molar-refractivity contribution in [3.05, 3.63) is 29.3 Å². The van der Waals surface area contributed by atoms with Gasteiger partial charge in [0.15, 0.2) is 0 Å². The summed E-state index contributed by atoms with van der Waals surface area (Å²) in [5, 5.41) is 0. The maximum atomic E-state index is 6.46. The lowest BCUT2D eigenvalue weighted by atomic mass is 9.89. The quantitative estimate of drug-likeness (QED) is 0.321. The topological polar surface area (TPSA) is 18.5 Å². The molecule has 2 heteroatoms. The average molecular weight is 415 g/mol. The van der Waals surface area contributed by atoms with E-state index < -0.39 is 0 Å². The Labute approximate surface area is 186 Å². The van der Waals surface area contributed by atoms with Crippen LogP contribution in [0.1, 0.15) is 104 Å². The second kappa shape index (κ2) is 11.8. The van der Waals surface area contributed by atoms with Crippen LogP contribution in [0.2, 0.25) is 0 Å². The molecule has 2 nitrogen and oxygen atoms in total. The van der Waals surface area contributed by atoms with Crippen LogP contribution in [0.25, 0.3) is 6.08 Å². The fraction of sp³-hybridized carbons (Fsp3) is 0.714. The van der Waals surface area contributed by atoms with Gasteiger partial charge in [0, 0.05) is 5.56 Å². The molecule has 30 heavy (non-hydrogen) atoms. The van der Waals surface area contributed by atoms with Crippen molar-refractivity contribution in [1.29, 1.82) is 0 Å². The highest BCUT2D eigenvalue weighted by Gasteiger charge is 2.28. The van der Waals surface area contributed by atoms with E-state index in [1.807, 2.05) is 0 Å². The Morgan fingerprint density at radius 3 is 2.10 bits per heavy atom. The molecule has 3 atom stereocenters. The molecule has 1 aromatic rings. The molecule has 0 spiro atoms. The Bertz CT molecular complexity index is 675. The lowest BCUT2D eigenvalue weighted by Gasteiger charge is -2.33. The van der Waals surface area contributed by atoms with Gasteiger partial charge in [-0.1, -0.05) is 78.7 Å². The molecule has 1 aliphatic heterocycles. The van der Waals surface area contributed by atoms with Crippen molar-refractivity contribution >= 4 is 6.08 Å². The Hall–Kier alpha value is -1.44. The molecule has 0 aromatic heterocycles. The van der Waals surface area contributed by atoms with Crippen molar-refractivity contribution in [2.45, 2.75) is 105 Å². The monoisotopic (exact) mass is 414 g/mol. The fourth-order valence-electron chi connectivity index (χ4n) is 4.60. The highest BCUT2D eigenvalue weighted by Crippen LogP contribution is 2.38. The van der Waals surface area contributed by atoms with E-state index in [1.54, 1.807) is 7.11 Å². The summed E-state index contributed by atoms with van der Waals surface area (Å²) in [6, 6.07) is 4.12. The standard InChI is InChI=1S/C28H46O2/c1-21(2)11-8-12-22(3)13-9-14-23(4)15-10-17-28(6)18-16-25-20-26(29-7)19-24(5)27(25)30-28/h16,18-23H,8-15,17H2,1-7H3/t22-,23-,28+/m1/s1. The highest BCUT2D eigenvalue weighted by atomic mass is 16.5. The van der Waals surface area contributed by atoms with E-state index in [4.69, 9.17) is 9.47 Å². The molecular formula is C28H46O2. The van der Waals surface area contributed by atoms with Crippen LogP contribution in [-0.2, 0) is 0 Å². The van der Waals surface area contributed by atoms with E-state index in [1.165, 1.54) is 51.4 Å². The summed E-state index contributed by atoms with van der Waals surface area (Å²) < 4.78 is 11.8. The SMILES string of the molecule is COc1cc(C)c2c(c1)C=C[C@](C)(CCC[C@H](C)CCC[C@H](C)CCCC(C)C)O2. The van der Waals surface area contributed by atoms with E-state index in [0.717, 1.165) is 46.8 Å². The van der Waals surface area contributed by atoms with Crippen molar-refractivity contribution in [3.8, 4) is 11.5 Å². The summed E-state index contributed by atoms with van der Waals surface area (Å²) in [6.07, 6.45) is 16.4. The molecule has 0 saturated heterocycles. The Morgan fingerprint density at radius 1 is 0.900 bits per heavy atom. The maximum absolute atomic E-state index is 6.46. The molecule has 0 bridgehead atoms. The zero-order valence-electron chi connectivity index (χ0n) is 20.7. The molecular weight excluding hydrogens is 368 g/mol. The van der Waals surface area contributed by atoms with Gasteiger partial charge in [0.2, 0.25) is 0 Å². The predicted octanol–water partition coefficient (Wildman–Crippen LogP) is 8.61. The molecule has 0 unspecified atom stereocenters. The van der Waals surface area contributed by atoms with Gasteiger partial charge in [0.25, 0.3) is 0 Å². The molecule has 0 N–H and O–H groups in total. The van der Waals surface area contributed by atoms with Crippen LogP contribution in [0.15, 0.2) is 18.2 Å². The van der Waals surface area contributed by atoms with Crippen molar-refractivity contribution in [2.75, 3.05) is 7.11 Å². The van der Waals surface area contributed by atoms with E-state index in [9.17, 15) is 0 Å². The van der Waals surface area contributed by atoms with Crippen LogP contribution < -0.4 is 9.47 Å². The van der Waals surface area contributed by atoms with E-state index >= 15 is 0 Å². The number of hydrogen-bond donors (Lipinski definition) is 0. The van der Waals surface area contributed by atoms with Gasteiger partial charge in [-0.25, -0.2) is 0 Å². The van der Waals surface area contributed by atoms with Crippen LogP contribution in [0.3, 0.4) is 0 Å². The van der Waals surface area contributed by atoms with Gasteiger partial charge in [0.05, 0.1) is 7.11 Å². The van der Waals surface area contributed by atoms with Crippen LogP contribution >= 0.6 is 0 Å². The summed E-state index contributed by atoms with van der Waals surface area (Å²) in [5.74, 6) is 4.45. The molecule has 1 aromatic carbocycles. The first-order chi connectivity index (χ1) is 14.2. The number of aryl methyl sites for hydroxylation is 1. The Kier molecular flexibility index (Phi) is 9.78. The van der Waals surface area contributed by atoms with Crippen molar-refractivity contribution < 1.29 is 9.47 Å². The van der Waals surface area contributed by atoms with Gasteiger partial charge in [-0.3, -0.25) is 0 Å². The number of rotatable bonds is 13. The zero-order chi connectivity index (χ0) is 22.1. The number of hydrogen-bond acceptors (Lipinski definition) is 2. The summed E-state index contributed by atoms with van der Waals surface area (Å²) in [6.45, 7) is 13.9. The summed E-state index contributed by atoms with van der Waals surface area (Å²) in [7, 11) is 1.72. The lowest BCUT2D eigenvalue weighted by molar-refractivity contribution is 0.121. The van der Waals surface area contributed by atoms with E-state index in [0.29, 0.717) is 0 Å². The van der Waals surface area contributed by atoms with Gasteiger partial charge in [-0.2, -0.15) is 0 Å². The van der Waals surface area contributed by atoms with E-state index in [-0.39, 0.29) is 5.60 Å². The first kappa shape index (κ1) is 24.8. The summed E-state index contributed by atoms with van der Waals surface area (Å²) in [5.41, 5.74) is 2.08. The average Bonchev–Trinajstić information content (AvgIpc) is 2.68. The largest absolute Gasteiger partial charge is 0.497 e. The minimum atomic E-state index is -0.197. The van der Waals surface area contributed by atoms with Crippen molar-refractivity contribution in [2.24, 2.45) is 17.8 Å². The maximum Gasteiger partial charge on any atom is 0.131 e. The minimum absolute atomic E-state index is 0.197. The van der Waals surface area contributed by atoms with Crippen molar-refractivity contribution in [1.82, 2.24) is 0 Å². The smallest absolute Gasteiger partial charge is 0.131 e. The number of benzene rings is 1. The third-order valence-electron chi connectivity index (χ3n) is 6.71. The second-order valence-electron chi connectivity index (χ2n) is 10.5. The first-order valence-electron chi connectivity index (χ1n) is 12.3. The van der Waals surface area contributed by atoms with Crippen LogP contribution in [0.5, 0.6) is 11.5 Å². The van der Waals surface area contributed by atoms with E-state index in [2.05, 4.69) is 65.8 Å². The fourth-order valence-corrected chi connectivity index (χ4v) is 4.60. The highest BCUT2D eigenvalue weighted by molar-refractivity contribution is 5.65. The van der Waals surface area contributed by atoms with Gasteiger partial charge in [-0.05, 0) is 68.2 Å². The van der Waals surface area contributed by atoms with Gasteiger partial charge in [0.1, 0.15) is 17.1 Å². The first-order valence-corrected chi connectivity index (χ1v) is 12.3. The molecule has 0 saturated carbocycles. The lowest BCUT2D eigenvalue weighted by Crippen LogP contribution is -2.32. The molecule has 0 amide bonds. The van der Waals surface area contributed by atoms with Gasteiger partial charge in [-0.15, -0.1) is 0 Å². The molecule has 1 heterocycles. The summed E-state index contributed by atoms with van der Waals surface area (Å²) in [4.78, 5) is 0. The summed E-state index contributed by atoms with van der Waals surface area (Å²) >= 11 is 0. The molecule has 170 valence electrons. The third kappa shape index (κ3) is 8.00. The van der Waals surface area contributed by atoms with Gasteiger partial charge >= 0.3 is 0 Å². The molecule has 0 radical (unpaired) electrons. The number of ether oxygens (including phenoxy) is 2. The molecule has 0 fully saturated rings. The Morgan fingerprint density at radius 2 is 1.50 bits per heavy atom. The van der Waals surface area contributed by atoms with Gasteiger partial charge < -0.3 is 9.47 Å². The molecule has 0 aliphatic carbocycles. The molecule has 1 aliphatic rings. The van der Waals surface area contributed by atoms with Crippen LogP contribution in [0, 0.1) is 24.7 Å². The minimum Gasteiger partial charge on any atom is -0.497 e. The number of methoxy groups -OCH3 is 1.